The van der Waals surface area contributed by atoms with Crippen molar-refractivity contribution in [2.75, 3.05) is 31.1 Å². The zero-order valence-electron chi connectivity index (χ0n) is 13.8. The van der Waals surface area contributed by atoms with Crippen molar-refractivity contribution in [3.8, 4) is 0 Å². The molecule has 0 heterocycles. The van der Waals surface area contributed by atoms with E-state index in [1.54, 1.807) is 12.1 Å². The summed E-state index contributed by atoms with van der Waals surface area (Å²) in [5, 5.41) is 9.05. The van der Waals surface area contributed by atoms with Crippen LogP contribution in [0.3, 0.4) is 0 Å². The summed E-state index contributed by atoms with van der Waals surface area (Å²) in [4.78, 5) is 13.5. The van der Waals surface area contributed by atoms with E-state index < -0.39 is 5.97 Å². The Morgan fingerprint density at radius 2 is 1.64 bits per heavy atom. The summed E-state index contributed by atoms with van der Waals surface area (Å²) in [7, 11) is 0. The van der Waals surface area contributed by atoms with Crippen LogP contribution in [-0.2, 0) is 6.42 Å². The van der Waals surface area contributed by atoms with Gasteiger partial charge in [-0.3, -0.25) is 0 Å². The van der Waals surface area contributed by atoms with Gasteiger partial charge in [0.25, 0.3) is 0 Å². The largest absolute Gasteiger partial charge is 0.478 e. The lowest BCUT2D eigenvalue weighted by atomic mass is 10.0. The predicted molar refractivity (Wildman–Crippen MR) is 92.2 cm³/mol. The summed E-state index contributed by atoms with van der Waals surface area (Å²) in [6, 6.07) is 3.33. The highest BCUT2D eigenvalue weighted by Crippen LogP contribution is 2.25. The minimum atomic E-state index is -1.04. The molecule has 0 aliphatic heterocycles. The van der Waals surface area contributed by atoms with Crippen LogP contribution in [0.15, 0.2) is 12.1 Å². The molecular formula is C17H29N3O2. The molecule has 5 nitrogen and oxygen atoms in total. The summed E-state index contributed by atoms with van der Waals surface area (Å²) in [6.07, 6.45) is 5.55. The summed E-state index contributed by atoms with van der Waals surface area (Å²) in [6.45, 7) is 7.51. The maximum atomic E-state index is 11.0. The second-order valence-corrected chi connectivity index (χ2v) is 5.70. The summed E-state index contributed by atoms with van der Waals surface area (Å²) in [5.41, 5.74) is 13.4. The first-order valence-corrected chi connectivity index (χ1v) is 8.13. The summed E-state index contributed by atoms with van der Waals surface area (Å²) in [5.74, 6) is -1.04. The molecule has 0 atom stereocenters. The Hall–Kier alpha value is -1.75. The molecular weight excluding hydrogens is 278 g/mol. The van der Waals surface area contributed by atoms with Gasteiger partial charge in [0.2, 0.25) is 0 Å². The van der Waals surface area contributed by atoms with Crippen molar-refractivity contribution in [1.29, 1.82) is 0 Å². The number of carbonyl (C=O) groups is 1. The molecule has 0 spiro atoms. The molecule has 0 saturated carbocycles. The predicted octanol–water partition coefficient (Wildman–Crippen LogP) is 2.99. The Morgan fingerprint density at radius 1 is 1.05 bits per heavy atom. The zero-order valence-corrected chi connectivity index (χ0v) is 13.8. The van der Waals surface area contributed by atoms with Gasteiger partial charge in [0.15, 0.2) is 0 Å². The van der Waals surface area contributed by atoms with E-state index in [1.807, 2.05) is 0 Å². The van der Waals surface area contributed by atoms with Crippen molar-refractivity contribution in [3.05, 3.63) is 23.3 Å². The first-order chi connectivity index (χ1) is 10.5. The van der Waals surface area contributed by atoms with Crippen LogP contribution in [0.25, 0.3) is 0 Å². The number of hydrogen-bond donors (Lipinski definition) is 3. The lowest BCUT2D eigenvalue weighted by molar-refractivity contribution is 0.0698. The highest BCUT2D eigenvalue weighted by molar-refractivity contribution is 5.97. The molecule has 1 rings (SSSR count). The molecule has 22 heavy (non-hydrogen) atoms. The fourth-order valence-corrected chi connectivity index (χ4v) is 2.46. The molecule has 1 aromatic carbocycles. The van der Waals surface area contributed by atoms with E-state index in [2.05, 4.69) is 18.7 Å². The van der Waals surface area contributed by atoms with E-state index in [1.165, 1.54) is 25.7 Å². The van der Waals surface area contributed by atoms with Crippen LogP contribution >= 0.6 is 0 Å². The number of nitrogens with two attached hydrogens (primary N) is 2. The Morgan fingerprint density at radius 3 is 2.14 bits per heavy atom. The smallest absolute Gasteiger partial charge is 0.337 e. The fourth-order valence-electron chi connectivity index (χ4n) is 2.46. The number of nitrogens with zero attached hydrogens (tertiary/aromatic N) is 1. The van der Waals surface area contributed by atoms with Gasteiger partial charge in [-0.15, -0.1) is 0 Å². The number of carboxylic acids is 1. The third kappa shape index (κ3) is 5.22. The topological polar surface area (TPSA) is 92.6 Å². The minimum absolute atomic E-state index is 0.0788. The molecule has 0 saturated heterocycles. The van der Waals surface area contributed by atoms with Crippen molar-refractivity contribution in [2.45, 2.75) is 46.0 Å². The van der Waals surface area contributed by atoms with Crippen LogP contribution in [0, 0.1) is 0 Å². The van der Waals surface area contributed by atoms with Gasteiger partial charge in [-0.25, -0.2) is 4.79 Å². The van der Waals surface area contributed by atoms with Gasteiger partial charge in [0.1, 0.15) is 0 Å². The zero-order chi connectivity index (χ0) is 16.5. The first kappa shape index (κ1) is 18.3. The average molecular weight is 307 g/mol. The van der Waals surface area contributed by atoms with Gasteiger partial charge < -0.3 is 21.5 Å². The normalized spacial score (nSPS) is 11.0. The molecule has 1 aromatic rings. The molecule has 0 aromatic heterocycles. The van der Waals surface area contributed by atoms with E-state index in [-0.39, 0.29) is 11.3 Å². The molecule has 0 aliphatic carbocycles. The molecule has 0 radical (unpaired) electrons. The monoisotopic (exact) mass is 307 g/mol. The molecule has 5 heteroatoms. The minimum Gasteiger partial charge on any atom is -0.478 e. The third-order valence-electron chi connectivity index (χ3n) is 3.96. The molecule has 124 valence electrons. The Kier molecular flexibility index (Phi) is 7.74. The molecule has 0 bridgehead atoms. The second-order valence-electron chi connectivity index (χ2n) is 5.70. The van der Waals surface area contributed by atoms with Gasteiger partial charge in [-0.05, 0) is 44.0 Å². The van der Waals surface area contributed by atoms with Gasteiger partial charge >= 0.3 is 5.97 Å². The van der Waals surface area contributed by atoms with E-state index >= 15 is 0 Å². The van der Waals surface area contributed by atoms with Crippen LogP contribution in [0.2, 0.25) is 0 Å². The highest BCUT2D eigenvalue weighted by Gasteiger charge is 2.14. The Labute approximate surface area is 133 Å². The first-order valence-electron chi connectivity index (χ1n) is 8.13. The molecule has 0 fully saturated rings. The van der Waals surface area contributed by atoms with Gasteiger partial charge in [0.05, 0.1) is 16.9 Å². The molecule has 0 aliphatic rings. The van der Waals surface area contributed by atoms with E-state index in [9.17, 15) is 4.79 Å². The number of nitrogen functional groups attached to an aromatic ring is 2. The quantitative estimate of drug-likeness (QED) is 0.578. The van der Waals surface area contributed by atoms with Crippen LogP contribution in [0.4, 0.5) is 11.4 Å². The number of hydrogen-bond acceptors (Lipinski definition) is 4. The summed E-state index contributed by atoms with van der Waals surface area (Å²) < 4.78 is 0. The lowest BCUT2D eigenvalue weighted by Crippen LogP contribution is -2.28. The van der Waals surface area contributed by atoms with Gasteiger partial charge in [-0.2, -0.15) is 0 Å². The Bertz CT molecular complexity index is 481. The molecule has 0 amide bonds. The van der Waals surface area contributed by atoms with E-state index in [0.717, 1.165) is 31.6 Å². The van der Waals surface area contributed by atoms with Crippen molar-refractivity contribution in [3.63, 3.8) is 0 Å². The van der Waals surface area contributed by atoms with E-state index in [0.29, 0.717) is 5.69 Å². The van der Waals surface area contributed by atoms with Crippen molar-refractivity contribution < 1.29 is 9.90 Å². The van der Waals surface area contributed by atoms with Crippen molar-refractivity contribution >= 4 is 17.3 Å². The van der Waals surface area contributed by atoms with Crippen LogP contribution < -0.4 is 11.5 Å². The maximum absolute atomic E-state index is 11.0. The number of rotatable bonds is 10. The Balaban J connectivity index is 2.72. The third-order valence-corrected chi connectivity index (χ3v) is 3.96. The van der Waals surface area contributed by atoms with E-state index in [4.69, 9.17) is 16.6 Å². The van der Waals surface area contributed by atoms with Crippen LogP contribution in [-0.4, -0.2) is 35.6 Å². The van der Waals surface area contributed by atoms with Crippen LogP contribution in [0.5, 0.6) is 0 Å². The number of carboxylic acid groups (broad SMARTS) is 1. The number of unbranched alkanes of at least 4 members (excludes halogenated alkanes) is 2. The standard InChI is InChI=1S/C17H29N3O2/c1-3-5-10-20(11-6-4-2)12-9-13-7-8-14(17(21)22)16(19)15(13)18/h7-8H,3-6,9-12,18-19H2,1-2H3,(H,21,22). The number of anilines is 2. The fraction of sp³-hybridized carbons (Fsp3) is 0.588. The lowest BCUT2D eigenvalue weighted by Gasteiger charge is -2.22. The van der Waals surface area contributed by atoms with Crippen molar-refractivity contribution in [1.82, 2.24) is 4.90 Å². The summed E-state index contributed by atoms with van der Waals surface area (Å²) >= 11 is 0. The highest BCUT2D eigenvalue weighted by atomic mass is 16.4. The SMILES string of the molecule is CCCCN(CCCC)CCc1ccc(C(=O)O)c(N)c1N. The average Bonchev–Trinajstić information content (AvgIpc) is 2.50. The van der Waals surface area contributed by atoms with Crippen molar-refractivity contribution in [2.24, 2.45) is 0 Å². The number of benzene rings is 1. The second kappa shape index (κ2) is 9.30. The van der Waals surface area contributed by atoms with Gasteiger partial charge in [-0.1, -0.05) is 32.8 Å². The number of aromatic carboxylic acids is 1. The maximum Gasteiger partial charge on any atom is 0.337 e. The molecule has 0 unspecified atom stereocenters. The van der Waals surface area contributed by atoms with Gasteiger partial charge in [0, 0.05) is 6.54 Å². The van der Waals surface area contributed by atoms with Crippen LogP contribution in [0.1, 0.15) is 55.5 Å². The molecule has 5 N–H and O–H groups in total.